The highest BCUT2D eigenvalue weighted by Crippen LogP contribution is 2.32. The Morgan fingerprint density at radius 1 is 0.971 bits per heavy atom. The maximum absolute atomic E-state index is 13.5. The Balaban J connectivity index is 1.71. The molecule has 1 aromatic heterocycles. The van der Waals surface area contributed by atoms with Crippen molar-refractivity contribution in [3.8, 4) is 5.75 Å². The summed E-state index contributed by atoms with van der Waals surface area (Å²) in [5.41, 5.74) is 3.02. The number of nitrogens with zero attached hydrogens (tertiary/aromatic N) is 2. The first-order chi connectivity index (χ1) is 16.5. The molecule has 3 aromatic rings. The second-order valence-electron chi connectivity index (χ2n) is 7.65. The van der Waals surface area contributed by atoms with E-state index in [0.717, 1.165) is 5.56 Å². The number of pyridine rings is 1. The Hall–Kier alpha value is -4.46. The van der Waals surface area contributed by atoms with Crippen LogP contribution in [0.3, 0.4) is 0 Å². The molecule has 0 saturated carbocycles. The van der Waals surface area contributed by atoms with Gasteiger partial charge in [0.25, 0.3) is 11.8 Å². The Morgan fingerprint density at radius 2 is 1.71 bits per heavy atom. The Morgan fingerprint density at radius 3 is 2.38 bits per heavy atom. The third kappa shape index (κ3) is 4.96. The van der Waals surface area contributed by atoms with Gasteiger partial charge in [-0.05, 0) is 54.4 Å². The number of hydrogen-bond acceptors (Lipinski definition) is 6. The van der Waals surface area contributed by atoms with Gasteiger partial charge in [-0.3, -0.25) is 24.3 Å². The van der Waals surface area contributed by atoms with Crippen LogP contribution in [0.5, 0.6) is 5.75 Å². The number of rotatable bonds is 8. The van der Waals surface area contributed by atoms with Crippen LogP contribution in [0.2, 0.25) is 0 Å². The molecule has 2 N–H and O–H groups in total. The van der Waals surface area contributed by atoms with Crippen molar-refractivity contribution in [1.29, 1.82) is 0 Å². The molecule has 34 heavy (non-hydrogen) atoms. The normalized spacial score (nSPS) is 13.3. The van der Waals surface area contributed by atoms with Crippen molar-refractivity contribution in [3.63, 3.8) is 0 Å². The van der Waals surface area contributed by atoms with E-state index < -0.39 is 11.8 Å². The van der Waals surface area contributed by atoms with Gasteiger partial charge in [-0.2, -0.15) is 0 Å². The molecule has 2 aromatic carbocycles. The van der Waals surface area contributed by atoms with Crippen molar-refractivity contribution in [2.24, 2.45) is 0 Å². The molecule has 3 amide bonds. The number of carbonyl (C=O) groups excluding carboxylic acids is 3. The lowest BCUT2D eigenvalue weighted by Gasteiger charge is -2.15. The summed E-state index contributed by atoms with van der Waals surface area (Å²) < 4.78 is 5.56. The minimum atomic E-state index is -0.426. The Kier molecular flexibility index (Phi) is 6.68. The molecule has 0 aliphatic carbocycles. The SMILES string of the molecule is CCOc1cccc(NC2=C(c3ccc(NC(C)=O)cc3)C(=O)N(Cc3ccncc3)C2=O)c1. The van der Waals surface area contributed by atoms with Gasteiger partial charge in [0, 0.05) is 36.8 Å². The Labute approximate surface area is 197 Å². The van der Waals surface area contributed by atoms with Gasteiger partial charge in [0.05, 0.1) is 18.7 Å². The van der Waals surface area contributed by atoms with Gasteiger partial charge >= 0.3 is 0 Å². The molecule has 2 heterocycles. The molecule has 8 heteroatoms. The Bertz CT molecular complexity index is 1250. The van der Waals surface area contributed by atoms with E-state index in [1.54, 1.807) is 60.9 Å². The van der Waals surface area contributed by atoms with Crippen LogP contribution in [-0.2, 0) is 20.9 Å². The van der Waals surface area contributed by atoms with Gasteiger partial charge in [-0.25, -0.2) is 0 Å². The van der Waals surface area contributed by atoms with Gasteiger partial charge < -0.3 is 15.4 Å². The quantitative estimate of drug-likeness (QED) is 0.500. The largest absolute Gasteiger partial charge is 0.494 e. The summed E-state index contributed by atoms with van der Waals surface area (Å²) in [5, 5.41) is 5.84. The monoisotopic (exact) mass is 456 g/mol. The smallest absolute Gasteiger partial charge is 0.278 e. The topological polar surface area (TPSA) is 101 Å². The van der Waals surface area contributed by atoms with Crippen molar-refractivity contribution in [2.75, 3.05) is 17.2 Å². The molecule has 0 radical (unpaired) electrons. The maximum atomic E-state index is 13.5. The third-order valence-corrected chi connectivity index (χ3v) is 5.17. The van der Waals surface area contributed by atoms with Crippen LogP contribution >= 0.6 is 0 Å². The average molecular weight is 457 g/mol. The lowest BCUT2D eigenvalue weighted by Crippen LogP contribution is -2.32. The van der Waals surface area contributed by atoms with Crippen molar-refractivity contribution in [2.45, 2.75) is 20.4 Å². The van der Waals surface area contributed by atoms with E-state index in [9.17, 15) is 14.4 Å². The highest BCUT2D eigenvalue weighted by atomic mass is 16.5. The second-order valence-corrected chi connectivity index (χ2v) is 7.65. The summed E-state index contributed by atoms with van der Waals surface area (Å²) in [6, 6.07) is 17.5. The fourth-order valence-electron chi connectivity index (χ4n) is 3.67. The van der Waals surface area contributed by atoms with Gasteiger partial charge in [0.1, 0.15) is 11.4 Å². The molecule has 0 unspecified atom stereocenters. The van der Waals surface area contributed by atoms with Crippen LogP contribution in [0.15, 0.2) is 78.8 Å². The summed E-state index contributed by atoms with van der Waals surface area (Å²) in [7, 11) is 0. The van der Waals surface area contributed by atoms with Gasteiger partial charge in [0.15, 0.2) is 0 Å². The van der Waals surface area contributed by atoms with Gasteiger partial charge in [-0.1, -0.05) is 18.2 Å². The predicted octanol–water partition coefficient (Wildman–Crippen LogP) is 3.83. The third-order valence-electron chi connectivity index (χ3n) is 5.17. The molecule has 0 fully saturated rings. The van der Waals surface area contributed by atoms with Crippen LogP contribution in [0.4, 0.5) is 11.4 Å². The van der Waals surface area contributed by atoms with Crippen molar-refractivity contribution in [1.82, 2.24) is 9.88 Å². The zero-order chi connectivity index (χ0) is 24.1. The number of benzene rings is 2. The molecule has 0 saturated heterocycles. The van der Waals surface area contributed by atoms with E-state index in [1.165, 1.54) is 11.8 Å². The molecular formula is C26H24N4O4. The standard InChI is InChI=1S/C26H24N4O4/c1-3-34-22-6-4-5-21(15-22)29-24-23(19-7-9-20(10-8-19)28-17(2)31)25(32)30(26(24)33)16-18-11-13-27-14-12-18/h4-15,29H,3,16H2,1-2H3,(H,28,31). The lowest BCUT2D eigenvalue weighted by atomic mass is 10.0. The highest BCUT2D eigenvalue weighted by Gasteiger charge is 2.39. The van der Waals surface area contributed by atoms with E-state index in [1.807, 2.05) is 19.1 Å². The number of anilines is 2. The first-order valence-corrected chi connectivity index (χ1v) is 10.8. The molecule has 4 rings (SSSR count). The number of carbonyl (C=O) groups is 3. The molecular weight excluding hydrogens is 432 g/mol. The summed E-state index contributed by atoms with van der Waals surface area (Å²) in [5.74, 6) is -0.374. The van der Waals surface area contributed by atoms with E-state index in [-0.39, 0.29) is 23.7 Å². The first-order valence-electron chi connectivity index (χ1n) is 10.8. The summed E-state index contributed by atoms with van der Waals surface area (Å²) >= 11 is 0. The van der Waals surface area contributed by atoms with Crippen LogP contribution in [0.1, 0.15) is 25.0 Å². The van der Waals surface area contributed by atoms with Crippen LogP contribution in [0, 0.1) is 0 Å². The van der Waals surface area contributed by atoms with Gasteiger partial charge in [0.2, 0.25) is 5.91 Å². The number of ether oxygens (including phenoxy) is 1. The fourth-order valence-corrected chi connectivity index (χ4v) is 3.67. The minimum absolute atomic E-state index is 0.123. The predicted molar refractivity (Wildman–Crippen MR) is 129 cm³/mol. The first kappa shape index (κ1) is 22.7. The number of aromatic nitrogens is 1. The van der Waals surface area contributed by atoms with Crippen molar-refractivity contribution >= 4 is 34.7 Å². The fraction of sp³-hybridized carbons (Fsp3) is 0.154. The summed E-state index contributed by atoms with van der Waals surface area (Å²) in [4.78, 5) is 43.4. The molecule has 8 nitrogen and oxygen atoms in total. The van der Waals surface area contributed by atoms with Gasteiger partial charge in [-0.15, -0.1) is 0 Å². The van der Waals surface area contributed by atoms with Crippen molar-refractivity contribution in [3.05, 3.63) is 89.9 Å². The maximum Gasteiger partial charge on any atom is 0.278 e. The summed E-state index contributed by atoms with van der Waals surface area (Å²) in [6.07, 6.45) is 3.24. The van der Waals surface area contributed by atoms with E-state index in [2.05, 4.69) is 15.6 Å². The van der Waals surface area contributed by atoms with Crippen LogP contribution < -0.4 is 15.4 Å². The zero-order valence-corrected chi connectivity index (χ0v) is 18.9. The number of hydrogen-bond donors (Lipinski definition) is 2. The molecule has 0 spiro atoms. The molecule has 0 atom stereocenters. The molecule has 0 bridgehead atoms. The van der Waals surface area contributed by atoms with Crippen molar-refractivity contribution < 1.29 is 19.1 Å². The summed E-state index contributed by atoms with van der Waals surface area (Å²) in [6.45, 7) is 3.94. The number of amides is 3. The minimum Gasteiger partial charge on any atom is -0.494 e. The average Bonchev–Trinajstić information content (AvgIpc) is 3.05. The molecule has 1 aliphatic rings. The molecule has 172 valence electrons. The van der Waals surface area contributed by atoms with Crippen LogP contribution in [0.25, 0.3) is 5.57 Å². The highest BCUT2D eigenvalue weighted by molar-refractivity contribution is 6.36. The number of nitrogens with one attached hydrogen (secondary N) is 2. The van der Waals surface area contributed by atoms with E-state index in [0.29, 0.717) is 29.3 Å². The van der Waals surface area contributed by atoms with E-state index in [4.69, 9.17) is 4.74 Å². The lowest BCUT2D eigenvalue weighted by molar-refractivity contribution is -0.137. The van der Waals surface area contributed by atoms with E-state index >= 15 is 0 Å². The number of imide groups is 1. The molecule has 1 aliphatic heterocycles. The van der Waals surface area contributed by atoms with Crippen LogP contribution in [-0.4, -0.2) is 34.2 Å². The second kappa shape index (κ2) is 9.99. The zero-order valence-electron chi connectivity index (χ0n) is 18.9.